The Bertz CT molecular complexity index is 1370. The molecule has 10 heteroatoms. The molecule has 1 aliphatic rings. The van der Waals surface area contributed by atoms with Gasteiger partial charge in [-0.1, -0.05) is 6.07 Å². The first-order chi connectivity index (χ1) is 15.7. The van der Waals surface area contributed by atoms with Gasteiger partial charge in [-0.05, 0) is 26.8 Å². The standard InChI is InChI=1S/C23H25FN6O3/c1-4-30-10-17-15(22-32-11-23(3,25)12-33-22)5-6-16(19(17)28-30)21(31)27-14-7-18(24)20-26-13(2)8-29(20)9-14/h5-10,22H,4,11-12,25H2,1-3H3,(H,27,31). The van der Waals surface area contributed by atoms with Gasteiger partial charge in [0.25, 0.3) is 5.91 Å². The zero-order valence-electron chi connectivity index (χ0n) is 18.6. The molecule has 1 aromatic carbocycles. The fourth-order valence-corrected chi connectivity index (χ4v) is 3.97. The summed E-state index contributed by atoms with van der Waals surface area (Å²) in [6, 6.07) is 4.73. The monoisotopic (exact) mass is 452 g/mol. The van der Waals surface area contributed by atoms with Crippen LogP contribution in [0.2, 0.25) is 0 Å². The van der Waals surface area contributed by atoms with Crippen molar-refractivity contribution >= 4 is 28.1 Å². The van der Waals surface area contributed by atoms with Crippen molar-refractivity contribution in [1.29, 1.82) is 0 Å². The molecule has 1 amide bonds. The maximum Gasteiger partial charge on any atom is 0.257 e. The van der Waals surface area contributed by atoms with E-state index >= 15 is 0 Å². The van der Waals surface area contributed by atoms with Crippen LogP contribution in [0.3, 0.4) is 0 Å². The Morgan fingerprint density at radius 3 is 2.79 bits per heavy atom. The summed E-state index contributed by atoms with van der Waals surface area (Å²) in [7, 11) is 0. The van der Waals surface area contributed by atoms with Gasteiger partial charge in [0.2, 0.25) is 0 Å². The predicted molar refractivity (Wildman–Crippen MR) is 120 cm³/mol. The van der Waals surface area contributed by atoms with Crippen LogP contribution in [-0.2, 0) is 16.0 Å². The maximum atomic E-state index is 14.4. The molecule has 0 saturated carbocycles. The lowest BCUT2D eigenvalue weighted by molar-refractivity contribution is -0.207. The average Bonchev–Trinajstić information content (AvgIpc) is 3.36. The van der Waals surface area contributed by atoms with E-state index in [1.807, 2.05) is 20.0 Å². The molecule has 1 saturated heterocycles. The van der Waals surface area contributed by atoms with E-state index in [9.17, 15) is 9.18 Å². The number of fused-ring (bicyclic) bond motifs is 2. The Morgan fingerprint density at radius 1 is 1.30 bits per heavy atom. The highest BCUT2D eigenvalue weighted by molar-refractivity contribution is 6.12. The minimum Gasteiger partial charge on any atom is -0.346 e. The Morgan fingerprint density at radius 2 is 2.06 bits per heavy atom. The number of carbonyl (C=O) groups excluding carboxylic acids is 1. The SMILES string of the molecule is CCn1cc2c(C3OCC(C)(N)CO3)ccc(C(=O)Nc3cc(F)c4nc(C)cn4c3)c2n1. The molecule has 3 aromatic heterocycles. The van der Waals surface area contributed by atoms with Crippen molar-refractivity contribution < 1.29 is 18.7 Å². The molecule has 0 unspecified atom stereocenters. The van der Waals surface area contributed by atoms with Gasteiger partial charge in [-0.2, -0.15) is 5.10 Å². The van der Waals surface area contributed by atoms with Gasteiger partial charge in [0, 0.05) is 42.2 Å². The second-order valence-electron chi connectivity index (χ2n) is 8.70. The second-order valence-corrected chi connectivity index (χ2v) is 8.70. The number of anilines is 1. The molecule has 0 atom stereocenters. The summed E-state index contributed by atoms with van der Waals surface area (Å²) in [6.07, 6.45) is 4.59. The lowest BCUT2D eigenvalue weighted by Crippen LogP contribution is -2.49. The van der Waals surface area contributed by atoms with Crippen LogP contribution in [0.15, 0.2) is 36.8 Å². The molecule has 0 aliphatic carbocycles. The summed E-state index contributed by atoms with van der Waals surface area (Å²) in [5.41, 5.74) is 8.40. The Hall–Kier alpha value is -3.34. The molecule has 1 aliphatic heterocycles. The first-order valence-electron chi connectivity index (χ1n) is 10.7. The van der Waals surface area contributed by atoms with Crippen LogP contribution >= 0.6 is 0 Å². The number of nitrogens with one attached hydrogen (secondary N) is 1. The lowest BCUT2D eigenvalue weighted by atomic mass is 10.0. The third kappa shape index (κ3) is 3.97. The van der Waals surface area contributed by atoms with Crippen LogP contribution in [0.4, 0.5) is 10.1 Å². The number of nitrogens with zero attached hydrogens (tertiary/aromatic N) is 4. The molecule has 33 heavy (non-hydrogen) atoms. The summed E-state index contributed by atoms with van der Waals surface area (Å²) in [5.74, 6) is -0.918. The number of hydrogen-bond donors (Lipinski definition) is 2. The first kappa shape index (κ1) is 21.5. The fourth-order valence-electron chi connectivity index (χ4n) is 3.97. The highest BCUT2D eigenvalue weighted by Crippen LogP contribution is 2.33. The van der Waals surface area contributed by atoms with Gasteiger partial charge in [0.15, 0.2) is 17.8 Å². The summed E-state index contributed by atoms with van der Waals surface area (Å²) < 4.78 is 29.4. The molecule has 4 heterocycles. The normalized spacial score (nSPS) is 21.1. The molecule has 0 radical (unpaired) electrons. The number of amides is 1. The van der Waals surface area contributed by atoms with Gasteiger partial charge in [0.1, 0.15) is 5.52 Å². The van der Waals surface area contributed by atoms with Crippen molar-refractivity contribution in [3.05, 3.63) is 59.4 Å². The fraction of sp³-hybridized carbons (Fsp3) is 0.348. The van der Waals surface area contributed by atoms with Crippen molar-refractivity contribution in [3.63, 3.8) is 0 Å². The molecule has 3 N–H and O–H groups in total. The second kappa shape index (κ2) is 7.91. The van der Waals surface area contributed by atoms with E-state index in [2.05, 4.69) is 15.4 Å². The molecule has 0 bridgehead atoms. The Labute approximate surface area is 189 Å². The number of aromatic nitrogens is 4. The first-order valence-corrected chi connectivity index (χ1v) is 10.7. The van der Waals surface area contributed by atoms with Gasteiger partial charge in [0.05, 0.1) is 35.7 Å². The van der Waals surface area contributed by atoms with Crippen molar-refractivity contribution in [2.75, 3.05) is 18.5 Å². The summed E-state index contributed by atoms with van der Waals surface area (Å²) in [6.45, 7) is 6.94. The molecule has 9 nitrogen and oxygen atoms in total. The number of nitrogens with two attached hydrogens (primary N) is 1. The van der Waals surface area contributed by atoms with Gasteiger partial charge in [-0.3, -0.25) is 9.48 Å². The average molecular weight is 452 g/mol. The number of halogens is 1. The Kier molecular flexibility index (Phi) is 5.15. The smallest absolute Gasteiger partial charge is 0.257 e. The quantitative estimate of drug-likeness (QED) is 0.492. The molecule has 5 rings (SSSR count). The van der Waals surface area contributed by atoms with Gasteiger partial charge in [-0.25, -0.2) is 9.37 Å². The van der Waals surface area contributed by atoms with E-state index in [-0.39, 0.29) is 5.65 Å². The number of rotatable bonds is 4. The third-order valence-corrected chi connectivity index (χ3v) is 5.59. The van der Waals surface area contributed by atoms with Crippen LogP contribution < -0.4 is 11.1 Å². The number of ether oxygens (including phenoxy) is 2. The topological polar surface area (TPSA) is 109 Å². The largest absolute Gasteiger partial charge is 0.346 e. The zero-order valence-corrected chi connectivity index (χ0v) is 18.6. The highest BCUT2D eigenvalue weighted by atomic mass is 19.1. The van der Waals surface area contributed by atoms with Gasteiger partial charge < -0.3 is 24.9 Å². The summed E-state index contributed by atoms with van der Waals surface area (Å²) >= 11 is 0. The Balaban J connectivity index is 1.49. The van der Waals surface area contributed by atoms with Crippen molar-refractivity contribution in [2.45, 2.75) is 39.1 Å². The summed E-state index contributed by atoms with van der Waals surface area (Å²) in [4.78, 5) is 17.3. The van der Waals surface area contributed by atoms with Crippen LogP contribution in [0.25, 0.3) is 16.6 Å². The molecule has 4 aromatic rings. The highest BCUT2D eigenvalue weighted by Gasteiger charge is 2.31. The number of pyridine rings is 1. The zero-order chi connectivity index (χ0) is 23.3. The number of carbonyl (C=O) groups is 1. The number of hydrogen-bond acceptors (Lipinski definition) is 6. The minimum atomic E-state index is -0.600. The van der Waals surface area contributed by atoms with E-state index in [0.717, 1.165) is 10.9 Å². The summed E-state index contributed by atoms with van der Waals surface area (Å²) in [5, 5.41) is 8.11. The number of benzene rings is 1. The number of imidazole rings is 1. The van der Waals surface area contributed by atoms with Crippen molar-refractivity contribution in [1.82, 2.24) is 19.2 Å². The third-order valence-electron chi connectivity index (χ3n) is 5.59. The molecule has 1 fully saturated rings. The van der Waals surface area contributed by atoms with E-state index in [4.69, 9.17) is 15.2 Å². The van der Waals surface area contributed by atoms with Crippen LogP contribution in [0.1, 0.15) is 41.8 Å². The van der Waals surface area contributed by atoms with Gasteiger partial charge >= 0.3 is 0 Å². The molecular weight excluding hydrogens is 427 g/mol. The molecule has 172 valence electrons. The van der Waals surface area contributed by atoms with E-state index in [1.54, 1.807) is 40.5 Å². The van der Waals surface area contributed by atoms with E-state index in [1.165, 1.54) is 6.07 Å². The van der Waals surface area contributed by atoms with Crippen LogP contribution in [0.5, 0.6) is 0 Å². The van der Waals surface area contributed by atoms with Gasteiger partial charge in [-0.15, -0.1) is 0 Å². The van der Waals surface area contributed by atoms with Crippen molar-refractivity contribution in [2.24, 2.45) is 5.73 Å². The number of aryl methyl sites for hydroxylation is 2. The minimum absolute atomic E-state index is 0.208. The maximum absolute atomic E-state index is 14.4. The van der Waals surface area contributed by atoms with Crippen molar-refractivity contribution in [3.8, 4) is 0 Å². The molecular formula is C23H25FN6O3. The molecule has 0 spiro atoms. The predicted octanol–water partition coefficient (Wildman–Crippen LogP) is 3.17. The van der Waals surface area contributed by atoms with E-state index in [0.29, 0.717) is 42.2 Å². The lowest BCUT2D eigenvalue weighted by Gasteiger charge is -2.34. The van der Waals surface area contributed by atoms with E-state index < -0.39 is 23.6 Å². The van der Waals surface area contributed by atoms with Crippen LogP contribution in [-0.4, -0.2) is 43.8 Å². The van der Waals surface area contributed by atoms with Crippen LogP contribution in [0, 0.1) is 12.7 Å².